The van der Waals surface area contributed by atoms with Gasteiger partial charge in [0.1, 0.15) is 11.4 Å². The number of aromatic nitrogens is 1. The molecule has 1 N–H and O–H groups in total. The quantitative estimate of drug-likeness (QED) is 0.557. The van der Waals surface area contributed by atoms with Crippen molar-refractivity contribution in [2.75, 3.05) is 7.11 Å². The van der Waals surface area contributed by atoms with Crippen LogP contribution < -0.4 is 4.74 Å². The van der Waals surface area contributed by atoms with E-state index in [9.17, 15) is 5.11 Å². The molecular weight excluding hydrogens is 379 g/mol. The number of methoxy groups -OCH3 is 1. The Kier molecular flexibility index (Phi) is 5.47. The standard InChI is InChI=1S/C13H8Cl5NO2/c1-21-6-3-2-5(4-20)19-13(6)7-8(14)10(16)12(18)11(17)9(7)15/h2-3,20H,4H2,1H3. The SMILES string of the molecule is COc1ccc(CO)nc1-c1c(Cl)c(Cl)c(Cl)c(Cl)c1Cl. The predicted molar refractivity (Wildman–Crippen MR) is 87.2 cm³/mol. The molecule has 3 nitrogen and oxygen atoms in total. The number of hydrogen-bond acceptors (Lipinski definition) is 3. The fourth-order valence-corrected chi connectivity index (χ4v) is 3.05. The zero-order valence-corrected chi connectivity index (χ0v) is 14.3. The molecule has 0 atom stereocenters. The van der Waals surface area contributed by atoms with E-state index in [2.05, 4.69) is 4.98 Å². The Hall–Kier alpha value is -0.420. The third-order valence-electron chi connectivity index (χ3n) is 2.74. The van der Waals surface area contributed by atoms with Gasteiger partial charge in [0.25, 0.3) is 0 Å². The Bertz CT molecular complexity index is 676. The Morgan fingerprint density at radius 1 is 0.952 bits per heavy atom. The van der Waals surface area contributed by atoms with E-state index in [1.54, 1.807) is 12.1 Å². The molecule has 0 spiro atoms. The van der Waals surface area contributed by atoms with Gasteiger partial charge in [0.2, 0.25) is 0 Å². The highest BCUT2D eigenvalue weighted by Gasteiger charge is 2.23. The van der Waals surface area contributed by atoms with Crippen molar-refractivity contribution in [2.24, 2.45) is 0 Å². The van der Waals surface area contributed by atoms with Gasteiger partial charge in [-0.05, 0) is 12.1 Å². The lowest BCUT2D eigenvalue weighted by atomic mass is 10.1. The van der Waals surface area contributed by atoms with Crippen LogP contribution >= 0.6 is 58.0 Å². The topological polar surface area (TPSA) is 42.4 Å². The van der Waals surface area contributed by atoms with Gasteiger partial charge in [0.15, 0.2) is 0 Å². The number of aliphatic hydroxyl groups is 1. The molecule has 0 saturated heterocycles. The first-order valence-corrected chi connectivity index (χ1v) is 7.47. The molecule has 0 fully saturated rings. The molecule has 0 unspecified atom stereocenters. The van der Waals surface area contributed by atoms with Gasteiger partial charge in [-0.2, -0.15) is 0 Å². The molecule has 2 aromatic rings. The Morgan fingerprint density at radius 2 is 1.48 bits per heavy atom. The number of rotatable bonds is 3. The van der Waals surface area contributed by atoms with Crippen LogP contribution in [0.5, 0.6) is 5.75 Å². The van der Waals surface area contributed by atoms with E-state index < -0.39 is 0 Å². The molecule has 0 aliphatic heterocycles. The summed E-state index contributed by atoms with van der Waals surface area (Å²) in [6.45, 7) is -0.249. The van der Waals surface area contributed by atoms with Crippen LogP contribution in [0.4, 0.5) is 0 Å². The van der Waals surface area contributed by atoms with Crippen molar-refractivity contribution in [3.63, 3.8) is 0 Å². The summed E-state index contributed by atoms with van der Waals surface area (Å²) in [6, 6.07) is 3.25. The molecular formula is C13H8Cl5NO2. The summed E-state index contributed by atoms with van der Waals surface area (Å²) >= 11 is 30.5. The molecule has 0 radical (unpaired) electrons. The maximum atomic E-state index is 9.22. The molecule has 21 heavy (non-hydrogen) atoms. The minimum atomic E-state index is -0.249. The summed E-state index contributed by atoms with van der Waals surface area (Å²) in [5, 5.41) is 9.64. The Morgan fingerprint density at radius 3 is 1.95 bits per heavy atom. The van der Waals surface area contributed by atoms with Gasteiger partial charge < -0.3 is 9.84 Å². The molecule has 0 amide bonds. The normalized spacial score (nSPS) is 10.8. The van der Waals surface area contributed by atoms with Crippen molar-refractivity contribution >= 4 is 58.0 Å². The van der Waals surface area contributed by atoms with Crippen LogP contribution in [0.25, 0.3) is 11.3 Å². The molecule has 1 aromatic carbocycles. The average Bonchev–Trinajstić information content (AvgIpc) is 2.51. The van der Waals surface area contributed by atoms with Gasteiger partial charge in [-0.1, -0.05) is 58.0 Å². The van der Waals surface area contributed by atoms with E-state index in [4.69, 9.17) is 62.7 Å². The number of benzene rings is 1. The molecule has 0 bridgehead atoms. The van der Waals surface area contributed by atoms with Crippen LogP contribution in [0.1, 0.15) is 5.69 Å². The lowest BCUT2D eigenvalue weighted by Crippen LogP contribution is -1.98. The van der Waals surface area contributed by atoms with E-state index in [0.717, 1.165) is 0 Å². The summed E-state index contributed by atoms with van der Waals surface area (Å²) in [6.07, 6.45) is 0. The van der Waals surface area contributed by atoms with Crippen molar-refractivity contribution in [1.82, 2.24) is 4.98 Å². The van der Waals surface area contributed by atoms with Gasteiger partial charge in [0.05, 0.1) is 44.5 Å². The van der Waals surface area contributed by atoms with Gasteiger partial charge in [-0.25, -0.2) is 4.98 Å². The van der Waals surface area contributed by atoms with Gasteiger partial charge >= 0.3 is 0 Å². The second-order valence-corrected chi connectivity index (χ2v) is 5.85. The predicted octanol–water partition coefficient (Wildman–Crippen LogP) is 5.52. The smallest absolute Gasteiger partial charge is 0.145 e. The highest BCUT2D eigenvalue weighted by Crippen LogP contribution is 2.49. The number of nitrogens with zero attached hydrogens (tertiary/aromatic N) is 1. The third kappa shape index (κ3) is 3.04. The maximum absolute atomic E-state index is 9.22. The van der Waals surface area contributed by atoms with Crippen LogP contribution in [-0.2, 0) is 6.61 Å². The summed E-state index contributed by atoms with van der Waals surface area (Å²) in [7, 11) is 1.47. The maximum Gasteiger partial charge on any atom is 0.145 e. The van der Waals surface area contributed by atoms with Crippen LogP contribution in [0.3, 0.4) is 0 Å². The number of aliphatic hydroxyl groups excluding tert-OH is 1. The summed E-state index contributed by atoms with van der Waals surface area (Å²) in [5.41, 5.74) is 1.03. The summed E-state index contributed by atoms with van der Waals surface area (Å²) < 4.78 is 5.24. The fourth-order valence-electron chi connectivity index (χ4n) is 1.73. The Labute approximate surface area is 146 Å². The lowest BCUT2D eigenvalue weighted by Gasteiger charge is -2.15. The number of halogens is 5. The summed E-state index contributed by atoms with van der Waals surface area (Å²) in [5.74, 6) is 0.408. The molecule has 0 aliphatic carbocycles. The van der Waals surface area contributed by atoms with Crippen molar-refractivity contribution in [2.45, 2.75) is 6.61 Å². The molecule has 0 saturated carbocycles. The number of hydrogen-bond donors (Lipinski definition) is 1. The Balaban J connectivity index is 2.84. The van der Waals surface area contributed by atoms with E-state index in [1.165, 1.54) is 7.11 Å². The minimum Gasteiger partial charge on any atom is -0.494 e. The zero-order valence-electron chi connectivity index (χ0n) is 10.6. The molecule has 8 heteroatoms. The second kappa shape index (κ2) is 6.78. The van der Waals surface area contributed by atoms with E-state index in [1.807, 2.05) is 0 Å². The van der Waals surface area contributed by atoms with E-state index in [0.29, 0.717) is 22.7 Å². The largest absolute Gasteiger partial charge is 0.494 e. The van der Waals surface area contributed by atoms with Crippen molar-refractivity contribution in [3.05, 3.63) is 42.9 Å². The average molecular weight is 387 g/mol. The van der Waals surface area contributed by atoms with E-state index >= 15 is 0 Å². The van der Waals surface area contributed by atoms with Crippen LogP contribution in [0.15, 0.2) is 12.1 Å². The third-order valence-corrected chi connectivity index (χ3v) is 5.02. The molecule has 0 aliphatic rings. The minimum absolute atomic E-state index is 0.0642. The highest BCUT2D eigenvalue weighted by atomic mass is 35.5. The molecule has 2 rings (SSSR count). The number of ether oxygens (including phenoxy) is 1. The molecule has 1 heterocycles. The second-order valence-electron chi connectivity index (χ2n) is 3.96. The van der Waals surface area contributed by atoms with Crippen molar-refractivity contribution in [1.29, 1.82) is 0 Å². The first-order chi connectivity index (χ1) is 9.92. The highest BCUT2D eigenvalue weighted by molar-refractivity contribution is 6.56. The molecule has 112 valence electrons. The fraction of sp³-hybridized carbons (Fsp3) is 0.154. The number of pyridine rings is 1. The van der Waals surface area contributed by atoms with Crippen LogP contribution in [-0.4, -0.2) is 17.2 Å². The first-order valence-electron chi connectivity index (χ1n) is 5.58. The van der Waals surface area contributed by atoms with Crippen molar-refractivity contribution in [3.8, 4) is 17.0 Å². The van der Waals surface area contributed by atoms with Crippen molar-refractivity contribution < 1.29 is 9.84 Å². The first kappa shape index (κ1) is 16.9. The van der Waals surface area contributed by atoms with Gasteiger partial charge in [0, 0.05) is 5.56 Å². The van der Waals surface area contributed by atoms with Gasteiger partial charge in [-0.15, -0.1) is 0 Å². The monoisotopic (exact) mass is 385 g/mol. The molecule has 1 aromatic heterocycles. The van der Waals surface area contributed by atoms with Crippen LogP contribution in [0.2, 0.25) is 25.1 Å². The van der Waals surface area contributed by atoms with Crippen LogP contribution in [0, 0.1) is 0 Å². The van der Waals surface area contributed by atoms with Gasteiger partial charge in [-0.3, -0.25) is 0 Å². The van der Waals surface area contributed by atoms with E-state index in [-0.39, 0.29) is 31.7 Å². The zero-order chi connectivity index (χ0) is 15.7. The lowest BCUT2D eigenvalue weighted by molar-refractivity contribution is 0.276. The summed E-state index contributed by atoms with van der Waals surface area (Å²) in [4.78, 5) is 4.26.